The number of nitrogens with zero attached hydrogens (tertiary/aromatic N) is 2. The second-order valence-corrected chi connectivity index (χ2v) is 5.59. The Balaban J connectivity index is 1.52. The lowest BCUT2D eigenvalue weighted by atomic mass is 10.2. The van der Waals surface area contributed by atoms with E-state index in [-0.39, 0.29) is 25.3 Å². The Morgan fingerprint density at radius 3 is 2.84 bits per heavy atom. The number of aryl methyl sites for hydroxylation is 1. The second kappa shape index (κ2) is 7.61. The highest BCUT2D eigenvalue weighted by Gasteiger charge is 2.07. The fraction of sp³-hybridized carbons (Fsp3) is 0.211. The van der Waals surface area contributed by atoms with E-state index in [1.165, 1.54) is 10.9 Å². The van der Waals surface area contributed by atoms with E-state index in [0.717, 1.165) is 5.56 Å². The Bertz CT molecular complexity index is 949. The molecule has 0 aliphatic heterocycles. The number of hydrogen-bond donors (Lipinski definition) is 0. The lowest BCUT2D eigenvalue weighted by molar-refractivity contribution is -0.146. The van der Waals surface area contributed by atoms with Crippen molar-refractivity contribution < 1.29 is 14.3 Å². The Hall–Kier alpha value is -3.15. The third kappa shape index (κ3) is 4.23. The maximum Gasteiger partial charge on any atom is 0.344 e. The molecule has 0 aliphatic rings. The number of fused-ring (bicyclic) bond motifs is 1. The fourth-order valence-corrected chi connectivity index (χ4v) is 2.41. The molecule has 2 aromatic carbocycles. The van der Waals surface area contributed by atoms with Crippen molar-refractivity contribution in [3.63, 3.8) is 0 Å². The highest BCUT2D eigenvalue weighted by molar-refractivity contribution is 5.76. The van der Waals surface area contributed by atoms with Crippen molar-refractivity contribution in [3.05, 3.63) is 70.8 Å². The summed E-state index contributed by atoms with van der Waals surface area (Å²) < 4.78 is 11.9. The molecule has 0 N–H and O–H groups in total. The van der Waals surface area contributed by atoms with Crippen LogP contribution in [0, 0.1) is 6.92 Å². The number of benzene rings is 2. The number of rotatable bonds is 6. The number of carbonyl (C=O) groups is 1. The highest BCUT2D eigenvalue weighted by Crippen LogP contribution is 2.12. The first-order chi connectivity index (χ1) is 12.1. The quantitative estimate of drug-likeness (QED) is 0.645. The number of esters is 1. The molecule has 3 rings (SSSR count). The molecule has 128 valence electrons. The van der Waals surface area contributed by atoms with E-state index in [1.54, 1.807) is 24.3 Å². The second-order valence-electron chi connectivity index (χ2n) is 5.59. The molecule has 6 nitrogen and oxygen atoms in total. The average molecular weight is 338 g/mol. The standard InChI is InChI=1S/C19H18N2O4/c1-14-5-4-6-15(11-14)25-12-18(22)24-10-9-21-13-20-17-8-3-2-7-16(17)19(21)23/h2-8,11,13H,9-10,12H2,1H3. The SMILES string of the molecule is Cc1cccc(OCC(=O)OCCn2cnc3ccccc3c2=O)c1. The van der Waals surface area contributed by atoms with Gasteiger partial charge in [-0.25, -0.2) is 9.78 Å². The van der Waals surface area contributed by atoms with Crippen molar-refractivity contribution in [1.29, 1.82) is 0 Å². The summed E-state index contributed by atoms with van der Waals surface area (Å²) in [7, 11) is 0. The summed E-state index contributed by atoms with van der Waals surface area (Å²) >= 11 is 0. The molecule has 0 atom stereocenters. The van der Waals surface area contributed by atoms with Gasteiger partial charge >= 0.3 is 5.97 Å². The van der Waals surface area contributed by atoms with Gasteiger partial charge in [0.2, 0.25) is 0 Å². The van der Waals surface area contributed by atoms with Crippen LogP contribution in [0.4, 0.5) is 0 Å². The Labute approximate surface area is 144 Å². The first-order valence-electron chi connectivity index (χ1n) is 7.93. The lowest BCUT2D eigenvalue weighted by Gasteiger charge is -2.09. The molecule has 0 bridgehead atoms. The maximum absolute atomic E-state index is 12.3. The number of carbonyl (C=O) groups excluding carboxylic acids is 1. The third-order valence-electron chi connectivity index (χ3n) is 3.67. The van der Waals surface area contributed by atoms with Gasteiger partial charge in [0.1, 0.15) is 12.4 Å². The van der Waals surface area contributed by atoms with Crippen LogP contribution in [0.1, 0.15) is 5.56 Å². The lowest BCUT2D eigenvalue weighted by Crippen LogP contribution is -2.24. The van der Waals surface area contributed by atoms with E-state index in [9.17, 15) is 9.59 Å². The molecule has 0 saturated heterocycles. The van der Waals surface area contributed by atoms with Gasteiger partial charge in [-0.3, -0.25) is 9.36 Å². The van der Waals surface area contributed by atoms with E-state index in [2.05, 4.69) is 4.98 Å². The van der Waals surface area contributed by atoms with Crippen LogP contribution >= 0.6 is 0 Å². The van der Waals surface area contributed by atoms with Gasteiger partial charge in [-0.15, -0.1) is 0 Å². The van der Waals surface area contributed by atoms with Crippen LogP contribution < -0.4 is 10.3 Å². The third-order valence-corrected chi connectivity index (χ3v) is 3.67. The minimum absolute atomic E-state index is 0.0793. The predicted molar refractivity (Wildman–Crippen MR) is 93.6 cm³/mol. The van der Waals surface area contributed by atoms with E-state index in [4.69, 9.17) is 9.47 Å². The minimum Gasteiger partial charge on any atom is -0.482 e. The molecule has 0 fully saturated rings. The largest absolute Gasteiger partial charge is 0.482 e. The van der Waals surface area contributed by atoms with Crippen LogP contribution in [-0.2, 0) is 16.1 Å². The van der Waals surface area contributed by atoms with Crippen molar-refractivity contribution >= 4 is 16.9 Å². The summed E-state index contributed by atoms with van der Waals surface area (Å²) in [5.74, 6) is 0.134. The van der Waals surface area contributed by atoms with E-state index in [1.807, 2.05) is 31.2 Å². The van der Waals surface area contributed by atoms with Crippen LogP contribution in [0.5, 0.6) is 5.75 Å². The fourth-order valence-electron chi connectivity index (χ4n) is 2.41. The van der Waals surface area contributed by atoms with Gasteiger partial charge in [0.25, 0.3) is 5.56 Å². The van der Waals surface area contributed by atoms with Gasteiger partial charge in [0.15, 0.2) is 6.61 Å². The van der Waals surface area contributed by atoms with Crippen molar-refractivity contribution in [1.82, 2.24) is 9.55 Å². The molecule has 6 heteroatoms. The summed E-state index contributed by atoms with van der Waals surface area (Å²) in [5, 5.41) is 0.541. The monoisotopic (exact) mass is 338 g/mol. The molecule has 0 unspecified atom stereocenters. The van der Waals surface area contributed by atoms with Gasteiger partial charge in [-0.2, -0.15) is 0 Å². The van der Waals surface area contributed by atoms with Crippen LogP contribution in [0.25, 0.3) is 10.9 Å². The van der Waals surface area contributed by atoms with E-state index in [0.29, 0.717) is 16.7 Å². The first-order valence-corrected chi connectivity index (χ1v) is 7.93. The van der Waals surface area contributed by atoms with Gasteiger partial charge in [-0.1, -0.05) is 24.3 Å². The summed E-state index contributed by atoms with van der Waals surface area (Å²) in [5.41, 5.74) is 1.54. The molecular weight excluding hydrogens is 320 g/mol. The molecule has 1 heterocycles. The van der Waals surface area contributed by atoms with Crippen molar-refractivity contribution in [3.8, 4) is 5.75 Å². The minimum atomic E-state index is -0.483. The number of ether oxygens (including phenoxy) is 2. The number of aromatic nitrogens is 2. The van der Waals surface area contributed by atoms with E-state index >= 15 is 0 Å². The first kappa shape index (κ1) is 16.7. The number of hydrogen-bond acceptors (Lipinski definition) is 5. The van der Waals surface area contributed by atoms with Gasteiger partial charge < -0.3 is 9.47 Å². The Kier molecular flexibility index (Phi) is 5.09. The molecule has 0 saturated carbocycles. The summed E-state index contributed by atoms with van der Waals surface area (Å²) in [6.07, 6.45) is 1.46. The van der Waals surface area contributed by atoms with Crippen LogP contribution in [0.3, 0.4) is 0 Å². The van der Waals surface area contributed by atoms with Crippen LogP contribution in [0.2, 0.25) is 0 Å². The highest BCUT2D eigenvalue weighted by atomic mass is 16.6. The van der Waals surface area contributed by atoms with Gasteiger partial charge in [0.05, 0.1) is 23.8 Å². The van der Waals surface area contributed by atoms with Crippen LogP contribution in [-0.4, -0.2) is 28.7 Å². The van der Waals surface area contributed by atoms with E-state index < -0.39 is 5.97 Å². The Morgan fingerprint density at radius 2 is 2.00 bits per heavy atom. The smallest absolute Gasteiger partial charge is 0.344 e. The van der Waals surface area contributed by atoms with Gasteiger partial charge in [0, 0.05) is 0 Å². The molecular formula is C19H18N2O4. The summed E-state index contributed by atoms with van der Waals surface area (Å²) in [6.45, 7) is 2.09. The zero-order chi connectivity index (χ0) is 17.6. The van der Waals surface area contributed by atoms with Crippen molar-refractivity contribution in [2.24, 2.45) is 0 Å². The molecule has 0 spiro atoms. The van der Waals surface area contributed by atoms with Crippen LogP contribution in [0.15, 0.2) is 59.7 Å². The van der Waals surface area contributed by atoms with Crippen molar-refractivity contribution in [2.75, 3.05) is 13.2 Å². The molecule has 0 radical (unpaired) electrons. The molecule has 0 aliphatic carbocycles. The Morgan fingerprint density at radius 1 is 1.16 bits per heavy atom. The zero-order valence-electron chi connectivity index (χ0n) is 13.8. The predicted octanol–water partition coefficient (Wildman–Crippen LogP) is 2.33. The maximum atomic E-state index is 12.3. The molecule has 1 aromatic heterocycles. The zero-order valence-corrected chi connectivity index (χ0v) is 13.8. The van der Waals surface area contributed by atoms with Gasteiger partial charge in [-0.05, 0) is 36.8 Å². The summed E-state index contributed by atoms with van der Waals surface area (Å²) in [4.78, 5) is 28.3. The topological polar surface area (TPSA) is 70.4 Å². The normalized spacial score (nSPS) is 10.6. The molecule has 25 heavy (non-hydrogen) atoms. The molecule has 0 amide bonds. The number of para-hydroxylation sites is 1. The molecule has 3 aromatic rings. The summed E-state index contributed by atoms with van der Waals surface area (Å²) in [6, 6.07) is 14.5. The van der Waals surface area contributed by atoms with Crippen molar-refractivity contribution in [2.45, 2.75) is 13.5 Å². The average Bonchev–Trinajstić information content (AvgIpc) is 2.62.